The summed E-state index contributed by atoms with van der Waals surface area (Å²) in [5.74, 6) is -0.628. The number of amides is 1. The standard InChI is InChI=1S/C19H24FN3O4S/c1-4-23(5-2)28(25,26)14-10-11-18(27-3)17(12-14)22-19(24)13-21-16-9-7-6-8-15(16)20/h6-12,21H,4-5,13H2,1-3H3,(H,22,24). The van der Waals surface area contributed by atoms with Gasteiger partial charge in [0.05, 0.1) is 29.9 Å². The minimum Gasteiger partial charge on any atom is -0.495 e. The van der Waals surface area contributed by atoms with Crippen LogP contribution in [0.25, 0.3) is 0 Å². The summed E-state index contributed by atoms with van der Waals surface area (Å²) < 4.78 is 45.5. The Morgan fingerprint density at radius 2 is 1.79 bits per heavy atom. The molecule has 0 bridgehead atoms. The molecule has 0 heterocycles. The first-order valence-electron chi connectivity index (χ1n) is 8.79. The first-order chi connectivity index (χ1) is 13.3. The van der Waals surface area contributed by atoms with E-state index in [9.17, 15) is 17.6 Å². The lowest BCUT2D eigenvalue weighted by Gasteiger charge is -2.19. The van der Waals surface area contributed by atoms with Gasteiger partial charge in [-0.25, -0.2) is 12.8 Å². The van der Waals surface area contributed by atoms with Crippen molar-refractivity contribution < 1.29 is 22.3 Å². The van der Waals surface area contributed by atoms with Gasteiger partial charge in [0.2, 0.25) is 15.9 Å². The van der Waals surface area contributed by atoms with E-state index in [2.05, 4.69) is 10.6 Å². The number of benzene rings is 2. The number of nitrogens with one attached hydrogen (secondary N) is 2. The molecule has 0 saturated carbocycles. The topological polar surface area (TPSA) is 87.7 Å². The van der Waals surface area contributed by atoms with Gasteiger partial charge in [-0.15, -0.1) is 0 Å². The number of methoxy groups -OCH3 is 1. The van der Waals surface area contributed by atoms with Crippen molar-refractivity contribution in [2.24, 2.45) is 0 Å². The van der Waals surface area contributed by atoms with Crippen LogP contribution in [0.3, 0.4) is 0 Å². The van der Waals surface area contributed by atoms with Crippen molar-refractivity contribution in [2.45, 2.75) is 18.7 Å². The third kappa shape index (κ3) is 4.99. The van der Waals surface area contributed by atoms with Gasteiger partial charge < -0.3 is 15.4 Å². The van der Waals surface area contributed by atoms with Gasteiger partial charge in [-0.1, -0.05) is 26.0 Å². The van der Waals surface area contributed by atoms with Gasteiger partial charge in [-0.3, -0.25) is 4.79 Å². The summed E-state index contributed by atoms with van der Waals surface area (Å²) in [7, 11) is -2.27. The van der Waals surface area contributed by atoms with E-state index in [4.69, 9.17) is 4.74 Å². The van der Waals surface area contributed by atoms with Crippen molar-refractivity contribution in [2.75, 3.05) is 37.4 Å². The molecule has 1 amide bonds. The number of halogens is 1. The number of carbonyl (C=O) groups excluding carboxylic acids is 1. The Kier molecular flexibility index (Phi) is 7.36. The Balaban J connectivity index is 2.20. The summed E-state index contributed by atoms with van der Waals surface area (Å²) in [6, 6.07) is 10.3. The zero-order valence-corrected chi connectivity index (χ0v) is 16.8. The van der Waals surface area contributed by atoms with Crippen molar-refractivity contribution in [3.05, 3.63) is 48.3 Å². The molecule has 0 aliphatic rings. The molecule has 0 radical (unpaired) electrons. The van der Waals surface area contributed by atoms with Gasteiger partial charge in [-0.05, 0) is 30.3 Å². The molecule has 2 N–H and O–H groups in total. The molecule has 0 aromatic heterocycles. The third-order valence-corrected chi connectivity index (χ3v) is 6.15. The summed E-state index contributed by atoms with van der Waals surface area (Å²) in [6.45, 7) is 3.97. The average Bonchev–Trinajstić information content (AvgIpc) is 2.68. The van der Waals surface area contributed by atoms with Crippen molar-refractivity contribution in [3.8, 4) is 5.75 Å². The molecule has 0 aliphatic heterocycles. The lowest BCUT2D eigenvalue weighted by atomic mass is 10.3. The zero-order valence-electron chi connectivity index (χ0n) is 16.0. The third-order valence-electron chi connectivity index (χ3n) is 4.10. The van der Waals surface area contributed by atoms with Gasteiger partial charge in [0.1, 0.15) is 11.6 Å². The minimum absolute atomic E-state index is 0.0503. The van der Waals surface area contributed by atoms with Crippen LogP contribution in [-0.4, -0.2) is 45.4 Å². The number of anilines is 2. The Bertz CT molecular complexity index is 931. The van der Waals surface area contributed by atoms with Crippen LogP contribution in [-0.2, 0) is 14.8 Å². The number of sulfonamides is 1. The van der Waals surface area contributed by atoms with Gasteiger partial charge in [-0.2, -0.15) is 4.31 Å². The van der Waals surface area contributed by atoms with Gasteiger partial charge in [0, 0.05) is 13.1 Å². The van der Waals surface area contributed by atoms with E-state index >= 15 is 0 Å². The molecule has 0 atom stereocenters. The molecular weight excluding hydrogens is 385 g/mol. The second-order valence-corrected chi connectivity index (χ2v) is 7.77. The number of para-hydroxylation sites is 1. The monoisotopic (exact) mass is 409 g/mol. The maximum atomic E-state index is 13.6. The molecule has 2 aromatic carbocycles. The van der Waals surface area contributed by atoms with Crippen LogP contribution < -0.4 is 15.4 Å². The molecule has 0 aliphatic carbocycles. The van der Waals surface area contributed by atoms with Crippen molar-refractivity contribution in [1.29, 1.82) is 0 Å². The van der Waals surface area contributed by atoms with Crippen LogP contribution in [0.1, 0.15) is 13.8 Å². The molecule has 2 rings (SSSR count). The summed E-state index contributed by atoms with van der Waals surface area (Å²) in [5, 5.41) is 5.30. The van der Waals surface area contributed by atoms with Crippen LogP contribution >= 0.6 is 0 Å². The summed E-state index contributed by atoms with van der Waals surface area (Å²) >= 11 is 0. The largest absolute Gasteiger partial charge is 0.495 e. The van der Waals surface area contributed by atoms with Gasteiger partial charge in [0.25, 0.3) is 0 Å². The van der Waals surface area contributed by atoms with Crippen LogP contribution in [0.15, 0.2) is 47.4 Å². The van der Waals surface area contributed by atoms with Gasteiger partial charge >= 0.3 is 0 Å². The van der Waals surface area contributed by atoms with E-state index in [-0.39, 0.29) is 22.8 Å². The van der Waals surface area contributed by atoms with Crippen molar-refractivity contribution in [3.63, 3.8) is 0 Å². The quantitative estimate of drug-likeness (QED) is 0.665. The maximum Gasteiger partial charge on any atom is 0.243 e. The molecule has 0 spiro atoms. The summed E-state index contributed by atoms with van der Waals surface area (Å²) in [4.78, 5) is 12.3. The first-order valence-corrected chi connectivity index (χ1v) is 10.2. The highest BCUT2D eigenvalue weighted by Gasteiger charge is 2.23. The zero-order chi connectivity index (χ0) is 20.7. The SMILES string of the molecule is CCN(CC)S(=O)(=O)c1ccc(OC)c(NC(=O)CNc2ccccc2F)c1. The van der Waals surface area contributed by atoms with Crippen LogP contribution in [0, 0.1) is 5.82 Å². The minimum atomic E-state index is -3.68. The number of hydrogen-bond donors (Lipinski definition) is 2. The summed E-state index contributed by atoms with van der Waals surface area (Å²) in [5.41, 5.74) is 0.415. The number of rotatable bonds is 9. The molecule has 28 heavy (non-hydrogen) atoms. The molecular formula is C19H24FN3O4S. The number of ether oxygens (including phenoxy) is 1. The Morgan fingerprint density at radius 1 is 1.11 bits per heavy atom. The fraction of sp³-hybridized carbons (Fsp3) is 0.316. The lowest BCUT2D eigenvalue weighted by Crippen LogP contribution is -2.30. The highest BCUT2D eigenvalue weighted by atomic mass is 32.2. The molecule has 0 fully saturated rings. The highest BCUT2D eigenvalue weighted by Crippen LogP contribution is 2.29. The number of carbonyl (C=O) groups is 1. The van der Waals surface area contributed by atoms with Crippen LogP contribution in [0.5, 0.6) is 5.75 Å². The van der Waals surface area contributed by atoms with E-state index in [0.717, 1.165) is 0 Å². The predicted octanol–water partition coefficient (Wildman–Crippen LogP) is 2.92. The molecule has 7 nitrogen and oxygen atoms in total. The fourth-order valence-electron chi connectivity index (χ4n) is 2.63. The van der Waals surface area contributed by atoms with Crippen molar-refractivity contribution >= 4 is 27.3 Å². The van der Waals surface area contributed by atoms with E-state index in [0.29, 0.717) is 18.8 Å². The number of nitrogens with zero attached hydrogens (tertiary/aromatic N) is 1. The Labute approximate surface area is 164 Å². The van der Waals surface area contributed by atoms with Gasteiger partial charge in [0.15, 0.2) is 0 Å². The number of hydrogen-bond acceptors (Lipinski definition) is 5. The second-order valence-electron chi connectivity index (χ2n) is 5.83. The Hall–Kier alpha value is -2.65. The van der Waals surface area contributed by atoms with E-state index in [1.54, 1.807) is 26.0 Å². The van der Waals surface area contributed by atoms with Crippen LogP contribution in [0.4, 0.5) is 15.8 Å². The Morgan fingerprint density at radius 3 is 2.39 bits per heavy atom. The van der Waals surface area contributed by atoms with E-state index in [1.165, 1.54) is 41.7 Å². The molecule has 152 valence electrons. The molecule has 9 heteroatoms. The second kappa shape index (κ2) is 9.52. The van der Waals surface area contributed by atoms with E-state index < -0.39 is 21.7 Å². The normalized spacial score (nSPS) is 11.3. The predicted molar refractivity (Wildman–Crippen MR) is 107 cm³/mol. The van der Waals surface area contributed by atoms with Crippen LogP contribution in [0.2, 0.25) is 0 Å². The first kappa shape index (κ1) is 21.6. The van der Waals surface area contributed by atoms with Crippen molar-refractivity contribution in [1.82, 2.24) is 4.31 Å². The molecule has 2 aromatic rings. The summed E-state index contributed by atoms with van der Waals surface area (Å²) in [6.07, 6.45) is 0. The molecule has 0 unspecified atom stereocenters. The smallest absolute Gasteiger partial charge is 0.243 e. The maximum absolute atomic E-state index is 13.6. The van der Waals surface area contributed by atoms with E-state index in [1.807, 2.05) is 0 Å². The fourth-order valence-corrected chi connectivity index (χ4v) is 4.12. The highest BCUT2D eigenvalue weighted by molar-refractivity contribution is 7.89. The average molecular weight is 409 g/mol. The lowest BCUT2D eigenvalue weighted by molar-refractivity contribution is -0.114. The molecule has 0 saturated heterocycles.